The highest BCUT2D eigenvalue weighted by Gasteiger charge is 2.46. The molecule has 3 heterocycles. The average molecular weight is 312 g/mol. The summed E-state index contributed by atoms with van der Waals surface area (Å²) in [6.07, 6.45) is 1.66. The van der Waals surface area contributed by atoms with Crippen LogP contribution in [-0.4, -0.2) is 30.2 Å². The number of carbonyl (C=O) groups excluding carboxylic acids is 1. The standard InChI is InChI=1S/C17H16N2O4/c20-13-6-7-19-14(16(21)18-9-17(19)10-22-11-17)15(13)23-8-12-4-2-1-3-5-12/h1-7H,8-11H2,(H,18,21). The first-order valence-corrected chi connectivity index (χ1v) is 7.48. The minimum absolute atomic E-state index is 0.0971. The van der Waals surface area contributed by atoms with Gasteiger partial charge in [-0.25, -0.2) is 0 Å². The number of hydrogen-bond donors (Lipinski definition) is 1. The highest BCUT2D eigenvalue weighted by Crippen LogP contribution is 2.32. The summed E-state index contributed by atoms with van der Waals surface area (Å²) in [7, 11) is 0. The summed E-state index contributed by atoms with van der Waals surface area (Å²) in [4.78, 5) is 24.5. The van der Waals surface area contributed by atoms with Gasteiger partial charge in [-0.2, -0.15) is 0 Å². The second-order valence-corrected chi connectivity index (χ2v) is 5.90. The van der Waals surface area contributed by atoms with Crippen LogP contribution in [-0.2, 0) is 16.9 Å². The van der Waals surface area contributed by atoms with Crippen LogP contribution in [0, 0.1) is 0 Å². The van der Waals surface area contributed by atoms with Gasteiger partial charge in [0.1, 0.15) is 12.1 Å². The monoisotopic (exact) mass is 312 g/mol. The van der Waals surface area contributed by atoms with Crippen LogP contribution >= 0.6 is 0 Å². The Balaban J connectivity index is 1.73. The lowest BCUT2D eigenvalue weighted by atomic mass is 9.93. The molecule has 1 aromatic carbocycles. The summed E-state index contributed by atoms with van der Waals surface area (Å²) in [6.45, 7) is 1.77. The maximum absolute atomic E-state index is 12.3. The Morgan fingerprint density at radius 1 is 1.17 bits per heavy atom. The van der Waals surface area contributed by atoms with Crippen molar-refractivity contribution in [2.24, 2.45) is 0 Å². The maximum Gasteiger partial charge on any atom is 0.272 e. The molecule has 0 aliphatic carbocycles. The van der Waals surface area contributed by atoms with E-state index in [0.29, 0.717) is 19.8 Å². The van der Waals surface area contributed by atoms with E-state index < -0.39 is 0 Å². The third-order valence-corrected chi connectivity index (χ3v) is 4.33. The second-order valence-electron chi connectivity index (χ2n) is 5.90. The molecule has 0 atom stereocenters. The van der Waals surface area contributed by atoms with E-state index in [-0.39, 0.29) is 34.9 Å². The van der Waals surface area contributed by atoms with Gasteiger partial charge in [-0.1, -0.05) is 30.3 Å². The number of aromatic nitrogens is 1. The minimum atomic E-state index is -0.304. The van der Waals surface area contributed by atoms with Gasteiger partial charge in [0.2, 0.25) is 5.43 Å². The first-order chi connectivity index (χ1) is 11.2. The molecule has 0 saturated carbocycles. The number of pyridine rings is 1. The third kappa shape index (κ3) is 2.22. The first-order valence-electron chi connectivity index (χ1n) is 7.48. The Morgan fingerprint density at radius 2 is 1.96 bits per heavy atom. The predicted molar refractivity (Wildman–Crippen MR) is 82.6 cm³/mol. The van der Waals surface area contributed by atoms with Crippen molar-refractivity contribution in [3.05, 3.63) is 64.1 Å². The Kier molecular flexibility index (Phi) is 3.20. The van der Waals surface area contributed by atoms with E-state index in [1.165, 1.54) is 6.07 Å². The van der Waals surface area contributed by atoms with E-state index in [1.54, 1.807) is 6.20 Å². The van der Waals surface area contributed by atoms with Crippen molar-refractivity contribution >= 4 is 5.91 Å². The van der Waals surface area contributed by atoms with E-state index in [0.717, 1.165) is 5.56 Å². The Labute approximate surface area is 132 Å². The highest BCUT2D eigenvalue weighted by atomic mass is 16.5. The van der Waals surface area contributed by atoms with Gasteiger partial charge in [-0.3, -0.25) is 9.59 Å². The summed E-state index contributed by atoms with van der Waals surface area (Å²) < 4.78 is 12.9. The number of rotatable bonds is 3. The highest BCUT2D eigenvalue weighted by molar-refractivity contribution is 5.96. The summed E-state index contributed by atoms with van der Waals surface area (Å²) in [6, 6.07) is 11.0. The molecule has 2 aliphatic heterocycles. The fourth-order valence-corrected chi connectivity index (χ4v) is 2.99. The number of benzene rings is 1. The Morgan fingerprint density at radius 3 is 2.65 bits per heavy atom. The SMILES string of the molecule is O=C1NCC2(COC2)n2ccc(=O)c(OCc3ccccc3)c21. The topological polar surface area (TPSA) is 69.6 Å². The zero-order valence-electron chi connectivity index (χ0n) is 12.5. The number of carbonyl (C=O) groups is 1. The third-order valence-electron chi connectivity index (χ3n) is 4.33. The fourth-order valence-electron chi connectivity index (χ4n) is 2.99. The van der Waals surface area contributed by atoms with Crippen LogP contribution in [0.1, 0.15) is 16.1 Å². The smallest absolute Gasteiger partial charge is 0.272 e. The molecule has 0 unspecified atom stereocenters. The van der Waals surface area contributed by atoms with Crippen molar-refractivity contribution in [2.45, 2.75) is 12.1 Å². The molecular formula is C17H16N2O4. The van der Waals surface area contributed by atoms with Gasteiger partial charge < -0.3 is 19.4 Å². The molecule has 4 rings (SSSR count). The quantitative estimate of drug-likeness (QED) is 0.914. The molecule has 0 bridgehead atoms. The second kappa shape index (κ2) is 5.24. The van der Waals surface area contributed by atoms with Crippen LogP contribution in [0.3, 0.4) is 0 Å². The van der Waals surface area contributed by atoms with Crippen LogP contribution in [0.25, 0.3) is 0 Å². The minimum Gasteiger partial charge on any atom is -0.483 e. The summed E-state index contributed by atoms with van der Waals surface area (Å²) >= 11 is 0. The van der Waals surface area contributed by atoms with Gasteiger partial charge in [0.05, 0.1) is 13.2 Å². The molecule has 23 heavy (non-hydrogen) atoms. The number of fused-ring (bicyclic) bond motifs is 2. The summed E-state index contributed by atoms with van der Waals surface area (Å²) in [5.41, 5.74) is 0.622. The maximum atomic E-state index is 12.3. The summed E-state index contributed by atoms with van der Waals surface area (Å²) in [5, 5.41) is 2.84. The molecule has 2 aliphatic rings. The fraction of sp³-hybridized carbons (Fsp3) is 0.294. The van der Waals surface area contributed by atoms with Crippen molar-refractivity contribution < 1.29 is 14.3 Å². The van der Waals surface area contributed by atoms with Gasteiger partial charge >= 0.3 is 0 Å². The van der Waals surface area contributed by atoms with Gasteiger partial charge in [0.15, 0.2) is 11.4 Å². The lowest BCUT2D eigenvalue weighted by molar-refractivity contribution is -0.102. The molecular weight excluding hydrogens is 296 g/mol. The lowest BCUT2D eigenvalue weighted by Gasteiger charge is -2.47. The van der Waals surface area contributed by atoms with Crippen molar-refractivity contribution in [3.8, 4) is 5.75 Å². The number of amides is 1. The van der Waals surface area contributed by atoms with Crippen molar-refractivity contribution in [2.75, 3.05) is 19.8 Å². The molecule has 118 valence electrons. The van der Waals surface area contributed by atoms with Crippen LogP contribution in [0.2, 0.25) is 0 Å². The van der Waals surface area contributed by atoms with Gasteiger partial charge in [0.25, 0.3) is 5.91 Å². The van der Waals surface area contributed by atoms with Crippen molar-refractivity contribution in [1.29, 1.82) is 0 Å². The molecule has 6 nitrogen and oxygen atoms in total. The number of nitrogens with zero attached hydrogens (tertiary/aromatic N) is 1. The molecule has 0 radical (unpaired) electrons. The van der Waals surface area contributed by atoms with Crippen LogP contribution < -0.4 is 15.5 Å². The largest absolute Gasteiger partial charge is 0.483 e. The number of hydrogen-bond acceptors (Lipinski definition) is 4. The molecule has 1 fully saturated rings. The van der Waals surface area contributed by atoms with Gasteiger partial charge in [0, 0.05) is 18.8 Å². The van der Waals surface area contributed by atoms with Crippen LogP contribution in [0.4, 0.5) is 0 Å². The zero-order valence-corrected chi connectivity index (χ0v) is 12.5. The Hall–Kier alpha value is -2.60. The molecule has 6 heteroatoms. The zero-order chi connectivity index (χ0) is 15.9. The van der Waals surface area contributed by atoms with Crippen molar-refractivity contribution in [3.63, 3.8) is 0 Å². The van der Waals surface area contributed by atoms with E-state index >= 15 is 0 Å². The predicted octanol–water partition coefficient (Wildman–Crippen LogP) is 0.896. The summed E-state index contributed by atoms with van der Waals surface area (Å²) in [5.74, 6) is -0.192. The van der Waals surface area contributed by atoms with E-state index in [9.17, 15) is 9.59 Å². The molecule has 1 saturated heterocycles. The molecule has 1 N–H and O–H groups in total. The Bertz CT molecular complexity index is 809. The van der Waals surface area contributed by atoms with Crippen LogP contribution in [0.15, 0.2) is 47.4 Å². The van der Waals surface area contributed by atoms with Crippen LogP contribution in [0.5, 0.6) is 5.75 Å². The molecule has 1 aromatic heterocycles. The number of nitrogens with one attached hydrogen (secondary N) is 1. The van der Waals surface area contributed by atoms with E-state index in [2.05, 4.69) is 5.32 Å². The molecule has 1 spiro atoms. The van der Waals surface area contributed by atoms with Gasteiger partial charge in [-0.05, 0) is 5.56 Å². The van der Waals surface area contributed by atoms with Crippen molar-refractivity contribution in [1.82, 2.24) is 9.88 Å². The van der Waals surface area contributed by atoms with Gasteiger partial charge in [-0.15, -0.1) is 0 Å². The molecule has 1 amide bonds. The average Bonchev–Trinajstić information content (AvgIpc) is 2.54. The lowest BCUT2D eigenvalue weighted by Crippen LogP contribution is -2.63. The van der Waals surface area contributed by atoms with E-state index in [1.807, 2.05) is 34.9 Å². The van der Waals surface area contributed by atoms with E-state index in [4.69, 9.17) is 9.47 Å². The first kappa shape index (κ1) is 14.0. The number of ether oxygens (including phenoxy) is 2. The normalized spacial score (nSPS) is 18.0. The molecule has 2 aromatic rings.